The lowest BCUT2D eigenvalue weighted by atomic mass is 10.3. The molecule has 0 atom stereocenters. The first-order valence-corrected chi connectivity index (χ1v) is 9.10. The smallest absolute Gasteiger partial charge is 0.266 e. The number of hydrogen-bond acceptors (Lipinski definition) is 5. The normalized spacial score (nSPS) is 16.3. The van der Waals surface area contributed by atoms with Gasteiger partial charge in [0.25, 0.3) is 5.56 Å². The van der Waals surface area contributed by atoms with Crippen molar-refractivity contribution in [2.24, 2.45) is 0 Å². The Kier molecular flexibility index (Phi) is 4.81. The number of nitrogens with zero attached hydrogens (tertiary/aromatic N) is 5. The Morgan fingerprint density at radius 1 is 1.00 bits per heavy atom. The molecule has 3 aromatic rings. The molecule has 1 fully saturated rings. The number of nitrogens with one attached hydrogen (secondary N) is 1. The van der Waals surface area contributed by atoms with Gasteiger partial charge >= 0.3 is 0 Å². The van der Waals surface area contributed by atoms with Crippen molar-refractivity contribution in [1.29, 1.82) is 0 Å². The monoisotopic (exact) mass is 352 g/mol. The van der Waals surface area contributed by atoms with E-state index in [0.29, 0.717) is 6.54 Å². The molecule has 26 heavy (non-hydrogen) atoms. The Balaban J connectivity index is 1.28. The number of fused-ring (bicyclic) bond motifs is 1. The van der Waals surface area contributed by atoms with Gasteiger partial charge in [-0.3, -0.25) is 14.6 Å². The molecule has 7 heteroatoms. The van der Waals surface area contributed by atoms with Crippen LogP contribution in [-0.4, -0.2) is 62.3 Å². The average Bonchev–Trinajstić information content (AvgIpc) is 3.06. The van der Waals surface area contributed by atoms with E-state index in [-0.39, 0.29) is 5.56 Å². The molecule has 7 nitrogen and oxygen atoms in total. The van der Waals surface area contributed by atoms with E-state index in [9.17, 15) is 4.79 Å². The first-order chi connectivity index (χ1) is 12.7. The summed E-state index contributed by atoms with van der Waals surface area (Å²) in [6.07, 6.45) is 0. The summed E-state index contributed by atoms with van der Waals surface area (Å²) in [7, 11) is 0. The van der Waals surface area contributed by atoms with Crippen LogP contribution in [0.5, 0.6) is 0 Å². The number of aromatic nitrogens is 4. The lowest BCUT2D eigenvalue weighted by molar-refractivity contribution is 0.121. The average molecular weight is 352 g/mol. The highest BCUT2D eigenvalue weighted by Crippen LogP contribution is 2.12. The second-order valence-electron chi connectivity index (χ2n) is 6.85. The summed E-state index contributed by atoms with van der Waals surface area (Å²) in [4.78, 5) is 24.7. The second kappa shape index (κ2) is 7.39. The van der Waals surface area contributed by atoms with Crippen LogP contribution >= 0.6 is 0 Å². The largest absolute Gasteiger partial charge is 0.341 e. The van der Waals surface area contributed by atoms with Gasteiger partial charge in [-0.1, -0.05) is 12.1 Å². The molecule has 1 aliphatic rings. The summed E-state index contributed by atoms with van der Waals surface area (Å²) in [5, 5.41) is 4.30. The summed E-state index contributed by atoms with van der Waals surface area (Å²) in [5.74, 6) is 1.02. The van der Waals surface area contributed by atoms with Crippen molar-refractivity contribution in [2.45, 2.75) is 20.0 Å². The minimum absolute atomic E-state index is 0.0286. The van der Waals surface area contributed by atoms with Crippen LogP contribution in [-0.2, 0) is 13.1 Å². The molecular formula is C19H24N6O. The van der Waals surface area contributed by atoms with Gasteiger partial charge in [0.05, 0.1) is 29.8 Å². The van der Waals surface area contributed by atoms with E-state index in [4.69, 9.17) is 0 Å². The van der Waals surface area contributed by atoms with E-state index in [1.54, 1.807) is 16.8 Å². The van der Waals surface area contributed by atoms with Crippen molar-refractivity contribution in [2.75, 3.05) is 32.7 Å². The maximum absolute atomic E-state index is 11.8. The summed E-state index contributed by atoms with van der Waals surface area (Å²) in [6.45, 7) is 8.27. The van der Waals surface area contributed by atoms with Gasteiger partial charge in [-0.25, -0.2) is 9.67 Å². The number of piperazine rings is 1. The van der Waals surface area contributed by atoms with E-state index in [1.165, 1.54) is 0 Å². The number of aryl methyl sites for hydroxylation is 1. The maximum Gasteiger partial charge on any atom is 0.266 e. The van der Waals surface area contributed by atoms with E-state index < -0.39 is 0 Å². The topological polar surface area (TPSA) is 70.1 Å². The third-order valence-corrected chi connectivity index (χ3v) is 4.90. The van der Waals surface area contributed by atoms with Crippen molar-refractivity contribution in [3.05, 3.63) is 58.3 Å². The first kappa shape index (κ1) is 16.9. The number of rotatable bonds is 5. The minimum atomic E-state index is -0.0286. The zero-order valence-corrected chi connectivity index (χ0v) is 15.1. The molecule has 0 unspecified atom stereocenters. The van der Waals surface area contributed by atoms with Gasteiger partial charge in [0.15, 0.2) is 0 Å². The third-order valence-electron chi connectivity index (χ3n) is 4.90. The Hall–Kier alpha value is -2.51. The number of H-pyrrole nitrogens is 1. The molecule has 2 aromatic heterocycles. The fourth-order valence-electron chi connectivity index (χ4n) is 3.41. The summed E-state index contributed by atoms with van der Waals surface area (Å²) in [6, 6.07) is 11.5. The van der Waals surface area contributed by atoms with Crippen LogP contribution in [0.1, 0.15) is 11.5 Å². The molecule has 1 aliphatic heterocycles. The molecule has 1 saturated heterocycles. The number of benzene rings is 1. The molecular weight excluding hydrogens is 328 g/mol. The number of imidazole rings is 1. The number of para-hydroxylation sites is 2. The molecule has 1 aromatic carbocycles. The molecule has 0 amide bonds. The fraction of sp³-hybridized carbons (Fsp3) is 0.421. The van der Waals surface area contributed by atoms with Crippen molar-refractivity contribution >= 4 is 11.0 Å². The number of hydrogen-bond donors (Lipinski definition) is 1. The third kappa shape index (κ3) is 3.84. The quantitative estimate of drug-likeness (QED) is 0.748. The van der Waals surface area contributed by atoms with Crippen LogP contribution in [0, 0.1) is 6.92 Å². The van der Waals surface area contributed by atoms with Gasteiger partial charge in [0.1, 0.15) is 5.82 Å². The van der Waals surface area contributed by atoms with Crippen LogP contribution in [0.15, 0.2) is 41.2 Å². The van der Waals surface area contributed by atoms with Crippen LogP contribution in [0.4, 0.5) is 0 Å². The molecule has 0 radical (unpaired) electrons. The minimum Gasteiger partial charge on any atom is -0.341 e. The predicted octanol–water partition coefficient (Wildman–Crippen LogP) is 1.25. The van der Waals surface area contributed by atoms with Crippen LogP contribution in [0.2, 0.25) is 0 Å². The highest BCUT2D eigenvalue weighted by Gasteiger charge is 2.18. The lowest BCUT2D eigenvalue weighted by Gasteiger charge is -2.34. The molecule has 0 spiro atoms. The molecule has 4 rings (SSSR count). The molecule has 0 saturated carbocycles. The number of aromatic amines is 1. The fourth-order valence-corrected chi connectivity index (χ4v) is 3.41. The summed E-state index contributed by atoms with van der Waals surface area (Å²) in [5.41, 5.74) is 2.97. The van der Waals surface area contributed by atoms with E-state index in [2.05, 4.69) is 30.9 Å². The lowest BCUT2D eigenvalue weighted by Crippen LogP contribution is -2.47. The Bertz CT molecular complexity index is 905. The van der Waals surface area contributed by atoms with Crippen LogP contribution < -0.4 is 5.56 Å². The predicted molar refractivity (Wildman–Crippen MR) is 101 cm³/mol. The Morgan fingerprint density at radius 2 is 1.77 bits per heavy atom. The second-order valence-corrected chi connectivity index (χ2v) is 6.85. The molecule has 1 N–H and O–H groups in total. The van der Waals surface area contributed by atoms with Gasteiger partial charge in [-0.05, 0) is 25.1 Å². The maximum atomic E-state index is 11.8. The van der Waals surface area contributed by atoms with Crippen molar-refractivity contribution in [3.8, 4) is 0 Å². The van der Waals surface area contributed by atoms with Crippen molar-refractivity contribution in [1.82, 2.24) is 29.5 Å². The molecule has 136 valence electrons. The van der Waals surface area contributed by atoms with E-state index in [0.717, 1.165) is 61.8 Å². The highest BCUT2D eigenvalue weighted by molar-refractivity contribution is 5.74. The Labute approximate surface area is 152 Å². The Morgan fingerprint density at radius 3 is 2.58 bits per heavy atom. The van der Waals surface area contributed by atoms with Crippen molar-refractivity contribution < 1.29 is 0 Å². The van der Waals surface area contributed by atoms with Crippen molar-refractivity contribution in [3.63, 3.8) is 0 Å². The standard InChI is InChI=1S/C19H24N6O/c1-15-6-7-19(26)25(22-15)13-12-23-8-10-24(11-9-23)14-18-20-16-4-2-3-5-17(16)21-18/h2-7H,8-14H2,1H3,(H,20,21). The van der Waals surface area contributed by atoms with Gasteiger partial charge in [0.2, 0.25) is 0 Å². The van der Waals surface area contributed by atoms with Gasteiger partial charge in [-0.15, -0.1) is 0 Å². The van der Waals surface area contributed by atoms with Gasteiger partial charge < -0.3 is 4.98 Å². The van der Waals surface area contributed by atoms with Crippen LogP contribution in [0.3, 0.4) is 0 Å². The SMILES string of the molecule is Cc1ccc(=O)n(CCN2CCN(Cc3nc4ccccc4[nH]3)CC2)n1. The first-order valence-electron chi connectivity index (χ1n) is 9.10. The molecule has 3 heterocycles. The van der Waals surface area contributed by atoms with Crippen LogP contribution in [0.25, 0.3) is 11.0 Å². The summed E-state index contributed by atoms with van der Waals surface area (Å²) < 4.78 is 1.57. The van der Waals surface area contributed by atoms with Gasteiger partial charge in [0, 0.05) is 38.8 Å². The molecule has 0 aliphatic carbocycles. The zero-order valence-electron chi connectivity index (χ0n) is 15.1. The highest BCUT2D eigenvalue weighted by atomic mass is 16.1. The van der Waals surface area contributed by atoms with E-state index in [1.807, 2.05) is 25.1 Å². The molecule has 0 bridgehead atoms. The van der Waals surface area contributed by atoms with Gasteiger partial charge in [-0.2, -0.15) is 5.10 Å². The zero-order chi connectivity index (χ0) is 17.9. The summed E-state index contributed by atoms with van der Waals surface area (Å²) >= 11 is 0. The van der Waals surface area contributed by atoms with E-state index >= 15 is 0 Å².